The van der Waals surface area contributed by atoms with Crippen molar-refractivity contribution in [2.45, 2.75) is 18.8 Å². The van der Waals surface area contributed by atoms with Crippen molar-refractivity contribution in [2.24, 2.45) is 0 Å². The zero-order valence-corrected chi connectivity index (χ0v) is 16.0. The summed E-state index contributed by atoms with van der Waals surface area (Å²) in [4.78, 5) is 4.18. The van der Waals surface area contributed by atoms with Gasteiger partial charge in [-0.2, -0.15) is 0 Å². The summed E-state index contributed by atoms with van der Waals surface area (Å²) in [6, 6.07) is 25.9. The van der Waals surface area contributed by atoms with Crippen LogP contribution in [-0.2, 0) is 16.4 Å². The van der Waals surface area contributed by atoms with Crippen molar-refractivity contribution in [3.05, 3.63) is 102 Å². The number of benzene rings is 2. The quantitative estimate of drug-likeness (QED) is 0.615. The van der Waals surface area contributed by atoms with Gasteiger partial charge in [0.15, 0.2) is 0 Å². The minimum atomic E-state index is -3.33. The molecule has 1 heterocycles. The molecule has 2 aromatic carbocycles. The van der Waals surface area contributed by atoms with E-state index >= 15 is 0 Å². The molecule has 0 atom stereocenters. The molecule has 3 aromatic rings. The Morgan fingerprint density at radius 3 is 1.96 bits per heavy atom. The second kappa shape index (κ2) is 9.44. The van der Waals surface area contributed by atoms with Gasteiger partial charge in [0.25, 0.3) is 0 Å². The summed E-state index contributed by atoms with van der Waals surface area (Å²) in [5.74, 6) is 0.205. The van der Waals surface area contributed by atoms with Crippen molar-refractivity contribution in [1.82, 2.24) is 9.71 Å². The van der Waals surface area contributed by atoms with Crippen LogP contribution < -0.4 is 4.72 Å². The van der Waals surface area contributed by atoms with Crippen LogP contribution in [0.4, 0.5) is 0 Å². The summed E-state index contributed by atoms with van der Waals surface area (Å²) >= 11 is 0. The lowest BCUT2D eigenvalue weighted by atomic mass is 9.89. The first-order valence-electron chi connectivity index (χ1n) is 9.11. The molecule has 0 unspecified atom stereocenters. The molecule has 5 heteroatoms. The number of nitrogens with zero attached hydrogens (tertiary/aromatic N) is 1. The van der Waals surface area contributed by atoms with Crippen LogP contribution in [0, 0.1) is 0 Å². The smallest absolute Gasteiger partial charge is 0.211 e. The molecule has 0 radical (unpaired) electrons. The fourth-order valence-corrected chi connectivity index (χ4v) is 4.16. The first kappa shape index (κ1) is 19.3. The van der Waals surface area contributed by atoms with Crippen LogP contribution in [0.15, 0.2) is 85.1 Å². The summed E-state index contributed by atoms with van der Waals surface area (Å²) in [5, 5.41) is 0. The molecule has 0 aliphatic rings. The molecule has 0 bridgehead atoms. The van der Waals surface area contributed by atoms with Crippen molar-refractivity contribution in [3.63, 3.8) is 0 Å². The minimum Gasteiger partial charge on any atom is -0.261 e. The fraction of sp³-hybridized carbons (Fsp3) is 0.227. The molecule has 0 aliphatic heterocycles. The van der Waals surface area contributed by atoms with Gasteiger partial charge in [-0.1, -0.05) is 66.7 Å². The highest BCUT2D eigenvalue weighted by Gasteiger charge is 2.16. The van der Waals surface area contributed by atoms with Gasteiger partial charge >= 0.3 is 0 Å². The second-order valence-electron chi connectivity index (χ2n) is 6.45. The minimum absolute atomic E-state index is 0.0470. The average molecular weight is 381 g/mol. The topological polar surface area (TPSA) is 59.1 Å². The van der Waals surface area contributed by atoms with Crippen molar-refractivity contribution < 1.29 is 8.42 Å². The first-order chi connectivity index (χ1) is 13.1. The molecule has 0 aliphatic carbocycles. The Morgan fingerprint density at radius 1 is 0.815 bits per heavy atom. The van der Waals surface area contributed by atoms with Crippen molar-refractivity contribution >= 4 is 10.0 Å². The Labute approximate surface area is 161 Å². The van der Waals surface area contributed by atoms with Crippen molar-refractivity contribution in [2.75, 3.05) is 12.3 Å². The van der Waals surface area contributed by atoms with Gasteiger partial charge in [-0.15, -0.1) is 0 Å². The Kier molecular flexibility index (Phi) is 6.74. The summed E-state index contributed by atoms with van der Waals surface area (Å²) in [6.07, 6.45) is 2.80. The van der Waals surface area contributed by atoms with E-state index in [1.165, 1.54) is 11.1 Å². The molecule has 0 fully saturated rings. The predicted molar refractivity (Wildman–Crippen MR) is 109 cm³/mol. The van der Waals surface area contributed by atoms with Crippen LogP contribution in [0.1, 0.15) is 29.2 Å². The Balaban J connectivity index is 1.60. The highest BCUT2D eigenvalue weighted by Crippen LogP contribution is 2.27. The summed E-state index contributed by atoms with van der Waals surface area (Å²) in [6.45, 7) is 0.402. The Bertz CT molecular complexity index is 875. The van der Waals surface area contributed by atoms with Gasteiger partial charge in [-0.25, -0.2) is 13.1 Å². The van der Waals surface area contributed by atoms with Gasteiger partial charge in [-0.3, -0.25) is 4.98 Å². The number of sulfonamides is 1. The van der Waals surface area contributed by atoms with Gasteiger partial charge in [0.1, 0.15) is 0 Å². The zero-order valence-electron chi connectivity index (χ0n) is 15.2. The van der Waals surface area contributed by atoms with E-state index in [0.717, 1.165) is 5.69 Å². The van der Waals surface area contributed by atoms with E-state index in [2.05, 4.69) is 34.0 Å². The average Bonchev–Trinajstić information content (AvgIpc) is 2.72. The summed E-state index contributed by atoms with van der Waals surface area (Å²) < 4.78 is 27.4. The molecule has 4 nitrogen and oxygen atoms in total. The molecule has 0 saturated heterocycles. The molecule has 1 N–H and O–H groups in total. The molecule has 0 amide bonds. The summed E-state index contributed by atoms with van der Waals surface area (Å²) in [5.41, 5.74) is 3.17. The van der Waals surface area contributed by atoms with Gasteiger partial charge in [0, 0.05) is 30.8 Å². The van der Waals surface area contributed by atoms with Crippen LogP contribution in [0.3, 0.4) is 0 Å². The number of rotatable bonds is 9. The number of pyridine rings is 1. The van der Waals surface area contributed by atoms with Gasteiger partial charge in [0.2, 0.25) is 10.0 Å². The SMILES string of the molecule is O=S(=O)(CCc1ccccn1)NCCC(c1ccccc1)c1ccccc1. The van der Waals surface area contributed by atoms with Crippen LogP contribution in [-0.4, -0.2) is 25.7 Å². The Morgan fingerprint density at radius 2 is 1.41 bits per heavy atom. The third-order valence-corrected chi connectivity index (χ3v) is 5.90. The van der Waals surface area contributed by atoms with Crippen LogP contribution >= 0.6 is 0 Å². The van der Waals surface area contributed by atoms with Crippen LogP contribution in [0.5, 0.6) is 0 Å². The van der Waals surface area contributed by atoms with Gasteiger partial charge in [0.05, 0.1) is 5.75 Å². The molecule has 0 saturated carbocycles. The van der Waals surface area contributed by atoms with Crippen molar-refractivity contribution in [1.29, 1.82) is 0 Å². The van der Waals surface area contributed by atoms with Gasteiger partial charge in [-0.05, 0) is 29.7 Å². The molecule has 3 rings (SSSR count). The van der Waals surface area contributed by atoms with E-state index in [4.69, 9.17) is 0 Å². The predicted octanol–water partition coefficient (Wildman–Crippen LogP) is 3.77. The second-order valence-corrected chi connectivity index (χ2v) is 8.37. The number of aromatic nitrogens is 1. The molecule has 140 valence electrons. The Hall–Kier alpha value is -2.50. The standard InChI is InChI=1S/C22H24N2O2S/c25-27(26,18-15-21-13-7-8-16-23-21)24-17-14-22(19-9-3-1-4-10-19)20-11-5-2-6-12-20/h1-13,16,22,24H,14-15,17-18H2. The van der Waals surface area contributed by atoms with E-state index in [1.54, 1.807) is 6.20 Å². The lowest BCUT2D eigenvalue weighted by Gasteiger charge is -2.18. The molecule has 1 aromatic heterocycles. The van der Waals surface area contributed by atoms with E-state index in [-0.39, 0.29) is 11.7 Å². The first-order valence-corrected chi connectivity index (χ1v) is 10.8. The number of nitrogens with one attached hydrogen (secondary N) is 1. The third-order valence-electron chi connectivity index (χ3n) is 4.51. The highest BCUT2D eigenvalue weighted by molar-refractivity contribution is 7.89. The lowest BCUT2D eigenvalue weighted by Crippen LogP contribution is -2.29. The maximum atomic E-state index is 12.3. The van der Waals surface area contributed by atoms with E-state index < -0.39 is 10.0 Å². The number of hydrogen-bond donors (Lipinski definition) is 1. The van der Waals surface area contributed by atoms with E-state index in [0.29, 0.717) is 19.4 Å². The highest BCUT2D eigenvalue weighted by atomic mass is 32.2. The van der Waals surface area contributed by atoms with E-state index in [1.807, 2.05) is 54.6 Å². The normalized spacial score (nSPS) is 11.6. The monoisotopic (exact) mass is 380 g/mol. The third kappa shape index (κ3) is 6.01. The molecular weight excluding hydrogens is 356 g/mol. The van der Waals surface area contributed by atoms with Crippen LogP contribution in [0.2, 0.25) is 0 Å². The van der Waals surface area contributed by atoms with Crippen molar-refractivity contribution in [3.8, 4) is 0 Å². The van der Waals surface area contributed by atoms with E-state index in [9.17, 15) is 8.42 Å². The largest absolute Gasteiger partial charge is 0.261 e. The van der Waals surface area contributed by atoms with Gasteiger partial charge < -0.3 is 0 Å². The fourth-order valence-electron chi connectivity index (χ4n) is 3.11. The zero-order chi connectivity index (χ0) is 19.0. The molecule has 27 heavy (non-hydrogen) atoms. The maximum Gasteiger partial charge on any atom is 0.211 e. The molecular formula is C22H24N2O2S. The lowest BCUT2D eigenvalue weighted by molar-refractivity contribution is 0.574. The summed E-state index contributed by atoms with van der Waals surface area (Å²) in [7, 11) is -3.33. The maximum absolute atomic E-state index is 12.3. The molecule has 0 spiro atoms. The number of hydrogen-bond acceptors (Lipinski definition) is 3. The number of aryl methyl sites for hydroxylation is 1. The van der Waals surface area contributed by atoms with Crippen LogP contribution in [0.25, 0.3) is 0 Å².